The van der Waals surface area contributed by atoms with E-state index in [0.717, 1.165) is 16.1 Å². The Labute approximate surface area is 129 Å². The molecule has 0 spiro atoms. The molecule has 2 rings (SSSR count). The van der Waals surface area contributed by atoms with Crippen LogP contribution in [0.4, 0.5) is 0 Å². The number of nitrogens with one attached hydrogen (secondary N) is 3. The Morgan fingerprint density at radius 2 is 2.19 bits per heavy atom. The zero-order valence-corrected chi connectivity index (χ0v) is 13.9. The van der Waals surface area contributed by atoms with Crippen molar-refractivity contribution in [1.29, 1.82) is 0 Å². The van der Waals surface area contributed by atoms with E-state index in [1.54, 1.807) is 17.5 Å². The van der Waals surface area contributed by atoms with Crippen LogP contribution >= 0.6 is 11.3 Å². The highest BCUT2D eigenvalue weighted by Crippen LogP contribution is 2.25. The van der Waals surface area contributed by atoms with Crippen LogP contribution in [0.25, 0.3) is 10.6 Å². The summed E-state index contributed by atoms with van der Waals surface area (Å²) in [5, 5.41) is 12.4. The molecule has 0 aliphatic carbocycles. The second-order valence-electron chi connectivity index (χ2n) is 5.61. The zero-order valence-electron chi connectivity index (χ0n) is 12.3. The molecule has 0 amide bonds. The lowest BCUT2D eigenvalue weighted by Crippen LogP contribution is -2.49. The van der Waals surface area contributed by atoms with Crippen molar-refractivity contribution in [2.45, 2.75) is 25.9 Å². The fraction of sp³-hybridized carbons (Fsp3) is 0.462. The molecule has 2 aromatic heterocycles. The van der Waals surface area contributed by atoms with Crippen molar-refractivity contribution in [2.24, 2.45) is 0 Å². The number of aromatic nitrogens is 2. The first-order valence-corrected chi connectivity index (χ1v) is 9.30. The van der Waals surface area contributed by atoms with Gasteiger partial charge in [-0.25, -0.2) is 13.1 Å². The number of rotatable bonds is 7. The zero-order chi connectivity index (χ0) is 15.5. The van der Waals surface area contributed by atoms with Gasteiger partial charge in [-0.1, -0.05) is 6.07 Å². The molecular weight excluding hydrogens is 308 g/mol. The van der Waals surface area contributed by atoms with Crippen LogP contribution in [0.2, 0.25) is 0 Å². The van der Waals surface area contributed by atoms with Crippen molar-refractivity contribution in [3.63, 3.8) is 0 Å². The first-order chi connectivity index (χ1) is 9.77. The molecule has 0 aliphatic heterocycles. The molecule has 0 unspecified atom stereocenters. The summed E-state index contributed by atoms with van der Waals surface area (Å²) >= 11 is 1.65. The molecule has 0 aromatic carbocycles. The lowest BCUT2D eigenvalue weighted by Gasteiger charge is -2.25. The topological polar surface area (TPSA) is 86.9 Å². The summed E-state index contributed by atoms with van der Waals surface area (Å²) in [6.45, 7) is 4.83. The largest absolute Gasteiger partial charge is 0.311 e. The number of nitrogens with zero attached hydrogens (tertiary/aromatic N) is 1. The number of hydrogen-bond donors (Lipinski definition) is 3. The van der Waals surface area contributed by atoms with Crippen molar-refractivity contribution in [2.75, 3.05) is 12.8 Å². The molecule has 0 saturated carbocycles. The normalized spacial score (nSPS) is 12.7. The van der Waals surface area contributed by atoms with Crippen LogP contribution in [0.3, 0.4) is 0 Å². The van der Waals surface area contributed by atoms with Crippen LogP contribution < -0.4 is 10.0 Å². The molecule has 116 valence electrons. The predicted molar refractivity (Wildman–Crippen MR) is 85.7 cm³/mol. The summed E-state index contributed by atoms with van der Waals surface area (Å²) in [5.41, 5.74) is 1.53. The van der Waals surface area contributed by atoms with E-state index in [-0.39, 0.29) is 0 Å². The van der Waals surface area contributed by atoms with E-state index in [0.29, 0.717) is 13.1 Å². The van der Waals surface area contributed by atoms with Gasteiger partial charge in [-0.15, -0.1) is 11.3 Å². The summed E-state index contributed by atoms with van der Waals surface area (Å²) < 4.78 is 25.2. The molecule has 0 saturated heterocycles. The molecule has 6 nitrogen and oxygen atoms in total. The van der Waals surface area contributed by atoms with E-state index in [4.69, 9.17) is 0 Å². The Morgan fingerprint density at radius 3 is 2.81 bits per heavy atom. The molecule has 21 heavy (non-hydrogen) atoms. The van der Waals surface area contributed by atoms with Crippen LogP contribution in [0.15, 0.2) is 23.7 Å². The summed E-state index contributed by atoms with van der Waals surface area (Å²) in [4.78, 5) is 1.14. The van der Waals surface area contributed by atoms with Gasteiger partial charge in [0.1, 0.15) is 0 Å². The van der Waals surface area contributed by atoms with E-state index >= 15 is 0 Å². The smallest absolute Gasteiger partial charge is 0.209 e. The molecule has 2 aromatic rings. The van der Waals surface area contributed by atoms with Gasteiger partial charge < -0.3 is 5.32 Å². The van der Waals surface area contributed by atoms with Gasteiger partial charge in [0.15, 0.2) is 0 Å². The first-order valence-electron chi connectivity index (χ1n) is 6.53. The van der Waals surface area contributed by atoms with E-state index in [2.05, 4.69) is 20.2 Å². The van der Waals surface area contributed by atoms with Crippen molar-refractivity contribution >= 4 is 21.4 Å². The van der Waals surface area contributed by atoms with Gasteiger partial charge in [0, 0.05) is 24.2 Å². The predicted octanol–water partition coefficient (Wildman–Crippen LogP) is 1.56. The average Bonchev–Trinajstić information content (AvgIpc) is 2.93. The van der Waals surface area contributed by atoms with Crippen LogP contribution in [-0.2, 0) is 16.6 Å². The quantitative estimate of drug-likeness (QED) is 0.720. The third-order valence-electron chi connectivity index (χ3n) is 2.83. The highest BCUT2D eigenvalue weighted by molar-refractivity contribution is 7.88. The molecule has 0 aliphatic rings. The van der Waals surface area contributed by atoms with E-state index in [1.807, 2.05) is 31.4 Å². The summed E-state index contributed by atoms with van der Waals surface area (Å²) in [6.07, 6.45) is 2.96. The van der Waals surface area contributed by atoms with Crippen molar-refractivity contribution in [1.82, 2.24) is 20.2 Å². The molecule has 0 fully saturated rings. The van der Waals surface area contributed by atoms with Crippen molar-refractivity contribution in [3.05, 3.63) is 29.3 Å². The molecule has 0 bridgehead atoms. The molecular formula is C13H20N4O2S2. The third-order valence-corrected chi connectivity index (χ3v) is 4.64. The summed E-state index contributed by atoms with van der Waals surface area (Å²) in [7, 11) is -3.22. The highest BCUT2D eigenvalue weighted by atomic mass is 32.2. The van der Waals surface area contributed by atoms with Gasteiger partial charge in [-0.3, -0.25) is 5.10 Å². The van der Waals surface area contributed by atoms with Gasteiger partial charge in [-0.05, 0) is 25.3 Å². The lowest BCUT2D eigenvalue weighted by atomic mass is 10.1. The fourth-order valence-corrected chi connectivity index (χ4v) is 3.96. The Kier molecular flexibility index (Phi) is 4.82. The molecule has 0 atom stereocenters. The van der Waals surface area contributed by atoms with Crippen molar-refractivity contribution < 1.29 is 8.42 Å². The number of hydrogen-bond acceptors (Lipinski definition) is 5. The number of H-pyrrole nitrogens is 1. The number of thiophene rings is 1. The number of sulfonamides is 1. The van der Waals surface area contributed by atoms with E-state index in [1.165, 1.54) is 6.26 Å². The SMILES string of the molecule is CC(C)(CNCc1cn[nH]c1-c1cccs1)NS(C)(=O)=O. The molecule has 0 radical (unpaired) electrons. The minimum Gasteiger partial charge on any atom is -0.311 e. The molecule has 8 heteroatoms. The van der Waals surface area contributed by atoms with Crippen molar-refractivity contribution in [3.8, 4) is 10.6 Å². The monoisotopic (exact) mass is 328 g/mol. The van der Waals surface area contributed by atoms with Gasteiger partial charge in [0.05, 0.1) is 23.0 Å². The molecule has 3 N–H and O–H groups in total. The van der Waals surface area contributed by atoms with Crippen LogP contribution in [0.5, 0.6) is 0 Å². The van der Waals surface area contributed by atoms with E-state index < -0.39 is 15.6 Å². The Hall–Kier alpha value is -1.22. The second kappa shape index (κ2) is 6.27. The summed E-state index contributed by atoms with van der Waals surface area (Å²) in [6, 6.07) is 4.04. The maximum absolute atomic E-state index is 11.3. The minimum absolute atomic E-state index is 0.523. The maximum Gasteiger partial charge on any atom is 0.209 e. The Morgan fingerprint density at radius 1 is 1.43 bits per heavy atom. The highest BCUT2D eigenvalue weighted by Gasteiger charge is 2.21. The van der Waals surface area contributed by atoms with Crippen LogP contribution in [0.1, 0.15) is 19.4 Å². The van der Waals surface area contributed by atoms with Gasteiger partial charge >= 0.3 is 0 Å². The lowest BCUT2D eigenvalue weighted by molar-refractivity contribution is 0.421. The maximum atomic E-state index is 11.3. The summed E-state index contributed by atoms with van der Waals surface area (Å²) in [5.74, 6) is 0. The standard InChI is InChI=1S/C13H20N4O2S2/c1-13(2,17-21(3,18)19)9-14-7-10-8-15-16-12(10)11-5-4-6-20-11/h4-6,8,14,17H,7,9H2,1-3H3,(H,15,16). The van der Waals surface area contributed by atoms with Gasteiger partial charge in [0.2, 0.25) is 10.0 Å². The van der Waals surface area contributed by atoms with Gasteiger partial charge in [0.25, 0.3) is 0 Å². The second-order valence-corrected chi connectivity index (χ2v) is 8.31. The average molecular weight is 328 g/mol. The third kappa shape index (κ3) is 4.92. The Bertz CT molecular complexity index is 675. The van der Waals surface area contributed by atoms with Gasteiger partial charge in [-0.2, -0.15) is 5.10 Å². The molecule has 2 heterocycles. The van der Waals surface area contributed by atoms with Crippen LogP contribution in [0, 0.1) is 0 Å². The first kappa shape index (κ1) is 16.2. The number of aromatic amines is 1. The van der Waals surface area contributed by atoms with E-state index in [9.17, 15) is 8.42 Å². The minimum atomic E-state index is -3.22. The fourth-order valence-electron chi connectivity index (χ4n) is 2.13. The van der Waals surface area contributed by atoms with Crippen LogP contribution in [-0.4, -0.2) is 37.0 Å². The Balaban J connectivity index is 1.94.